The molecule has 5 heteroatoms. The zero-order valence-electron chi connectivity index (χ0n) is 9.02. The third-order valence-electron chi connectivity index (χ3n) is 2.21. The molecule has 0 aliphatic heterocycles. The summed E-state index contributed by atoms with van der Waals surface area (Å²) in [5, 5.41) is 5.99. The molecule has 0 spiro atoms. The van der Waals surface area contributed by atoms with Gasteiger partial charge >= 0.3 is 0 Å². The maximum absolute atomic E-state index is 11.3. The summed E-state index contributed by atoms with van der Waals surface area (Å²) < 4.78 is 0. The molecule has 0 aromatic carbocycles. The van der Waals surface area contributed by atoms with E-state index < -0.39 is 0 Å². The van der Waals surface area contributed by atoms with Crippen LogP contribution in [0.4, 0.5) is 0 Å². The van der Waals surface area contributed by atoms with Gasteiger partial charge in [-0.2, -0.15) is 0 Å². The number of carbonyl (C=O) groups is 1. The largest absolute Gasteiger partial charge is 0.362 e. The molecule has 0 aromatic heterocycles. The molecule has 0 fully saturated rings. The topological polar surface area (TPSA) is 41.1 Å². The highest BCUT2D eigenvalue weighted by Gasteiger charge is 2.10. The fourth-order valence-corrected chi connectivity index (χ4v) is 1.26. The first-order chi connectivity index (χ1) is 6.22. The average molecular weight is 182 g/mol. The Labute approximate surface area is 82.9 Å². The highest BCUT2D eigenvalue weighted by Crippen LogP contribution is 2.07. The van der Waals surface area contributed by atoms with E-state index in [1.54, 1.807) is 0 Å². The van der Waals surface area contributed by atoms with Gasteiger partial charge in [0, 0.05) is 12.5 Å². The molecule has 0 rings (SSSR count). The summed E-state index contributed by atoms with van der Waals surface area (Å²) in [6.45, 7) is 3.57. The molecule has 3 nitrogen and oxygen atoms in total. The molecule has 1 atom stereocenters. The van der Waals surface area contributed by atoms with E-state index in [-0.39, 0.29) is 5.92 Å². The molecule has 13 heavy (non-hydrogen) atoms. The third-order valence-corrected chi connectivity index (χ3v) is 2.21. The van der Waals surface area contributed by atoms with Crippen LogP contribution in [0.2, 0.25) is 0 Å². The lowest BCUT2D eigenvalue weighted by Gasteiger charge is -2.09. The van der Waals surface area contributed by atoms with Crippen molar-refractivity contribution in [2.75, 3.05) is 13.1 Å². The van der Waals surface area contributed by atoms with Crippen LogP contribution in [-0.4, -0.2) is 34.8 Å². The second-order valence-corrected chi connectivity index (χ2v) is 3.50. The van der Waals surface area contributed by atoms with E-state index >= 15 is 0 Å². The van der Waals surface area contributed by atoms with Crippen LogP contribution in [-0.2, 0) is 4.79 Å². The number of ketones is 1. The standard InChI is InChI=1S/C8H20B2N2O/c1-7(8(13)6-12-10)4-2-3-5-11-9/h7,11-12H,2-6,9-10H2,1H3/t7-/m0/s1. The third kappa shape index (κ3) is 6.84. The lowest BCUT2D eigenvalue weighted by molar-refractivity contribution is -0.121. The number of nitrogens with one attached hydrogen (secondary N) is 2. The first kappa shape index (κ1) is 12.7. The van der Waals surface area contributed by atoms with Crippen LogP contribution < -0.4 is 10.5 Å². The van der Waals surface area contributed by atoms with Crippen molar-refractivity contribution < 1.29 is 4.79 Å². The van der Waals surface area contributed by atoms with Gasteiger partial charge in [0.1, 0.15) is 5.78 Å². The molecule has 0 aromatic rings. The second-order valence-electron chi connectivity index (χ2n) is 3.50. The van der Waals surface area contributed by atoms with Crippen molar-refractivity contribution >= 4 is 21.7 Å². The minimum atomic E-state index is 0.212. The van der Waals surface area contributed by atoms with Crippen LogP contribution in [0.1, 0.15) is 26.2 Å². The van der Waals surface area contributed by atoms with E-state index in [1.807, 2.05) is 22.9 Å². The molecular formula is C8H20B2N2O. The van der Waals surface area contributed by atoms with Gasteiger partial charge in [-0.05, 0) is 19.4 Å². The molecule has 0 aliphatic carbocycles. The van der Waals surface area contributed by atoms with Gasteiger partial charge < -0.3 is 10.5 Å². The smallest absolute Gasteiger partial charge is 0.182 e. The van der Waals surface area contributed by atoms with Gasteiger partial charge in [-0.3, -0.25) is 4.79 Å². The summed E-state index contributed by atoms with van der Waals surface area (Å²) in [6, 6.07) is 0. The highest BCUT2D eigenvalue weighted by atomic mass is 16.1. The molecule has 0 saturated carbocycles. The first-order valence-electron chi connectivity index (χ1n) is 5.04. The minimum Gasteiger partial charge on any atom is -0.362 e. The fourth-order valence-electron chi connectivity index (χ4n) is 1.26. The van der Waals surface area contributed by atoms with Crippen LogP contribution in [0, 0.1) is 5.92 Å². The number of hydrogen-bond donors (Lipinski definition) is 2. The summed E-state index contributed by atoms with van der Waals surface area (Å²) in [7, 11) is 3.77. The molecule has 0 radical (unpaired) electrons. The minimum absolute atomic E-state index is 0.212. The number of unbranched alkanes of at least 4 members (excludes halogenated alkanes) is 1. The molecule has 2 N–H and O–H groups in total. The maximum atomic E-state index is 11.3. The van der Waals surface area contributed by atoms with Crippen molar-refractivity contribution in [3.05, 3.63) is 0 Å². The normalized spacial score (nSPS) is 12.7. The van der Waals surface area contributed by atoms with Crippen molar-refractivity contribution in [1.29, 1.82) is 0 Å². The Bertz CT molecular complexity index is 144. The summed E-state index contributed by atoms with van der Waals surface area (Å²) in [6.07, 6.45) is 3.31. The van der Waals surface area contributed by atoms with Crippen LogP contribution in [0.3, 0.4) is 0 Å². The zero-order valence-corrected chi connectivity index (χ0v) is 9.02. The Hall–Kier alpha value is -0.280. The molecule has 0 unspecified atom stereocenters. The van der Waals surface area contributed by atoms with Crippen molar-refractivity contribution in [3.63, 3.8) is 0 Å². The Kier molecular flexibility index (Phi) is 8.14. The molecule has 0 heterocycles. The van der Waals surface area contributed by atoms with Gasteiger partial charge in [0.2, 0.25) is 0 Å². The number of carbonyl (C=O) groups excluding carboxylic acids is 1. The lowest BCUT2D eigenvalue weighted by Crippen LogP contribution is -2.25. The van der Waals surface area contributed by atoms with Crippen molar-refractivity contribution in [2.45, 2.75) is 26.2 Å². The molecular weight excluding hydrogens is 162 g/mol. The number of rotatable bonds is 8. The van der Waals surface area contributed by atoms with Crippen molar-refractivity contribution in [2.24, 2.45) is 5.92 Å². The van der Waals surface area contributed by atoms with E-state index in [1.165, 1.54) is 0 Å². The predicted molar refractivity (Wildman–Crippen MR) is 61.1 cm³/mol. The second kappa shape index (κ2) is 8.32. The summed E-state index contributed by atoms with van der Waals surface area (Å²) >= 11 is 0. The highest BCUT2D eigenvalue weighted by molar-refractivity contribution is 6.06. The van der Waals surface area contributed by atoms with Gasteiger partial charge in [-0.25, -0.2) is 0 Å². The van der Waals surface area contributed by atoms with E-state index in [2.05, 4.69) is 10.5 Å². The summed E-state index contributed by atoms with van der Waals surface area (Å²) in [4.78, 5) is 11.3. The number of Topliss-reactive ketones (excluding diaryl/α,β-unsaturated/α-hetero) is 1. The van der Waals surface area contributed by atoms with Gasteiger partial charge in [0.15, 0.2) is 16.0 Å². The Morgan fingerprint density at radius 2 is 2.00 bits per heavy atom. The van der Waals surface area contributed by atoms with E-state index in [0.29, 0.717) is 12.3 Å². The summed E-state index contributed by atoms with van der Waals surface area (Å²) in [5.41, 5.74) is 0. The maximum Gasteiger partial charge on any atom is 0.182 e. The lowest BCUT2D eigenvalue weighted by atomic mass is 9.99. The monoisotopic (exact) mass is 182 g/mol. The van der Waals surface area contributed by atoms with Gasteiger partial charge in [-0.1, -0.05) is 13.3 Å². The Morgan fingerprint density at radius 3 is 2.54 bits per heavy atom. The average Bonchev–Trinajstić information content (AvgIpc) is 2.12. The molecule has 0 amide bonds. The SMILES string of the molecule is BNCCCC[C@H](C)C(=O)CNB. The quantitative estimate of drug-likeness (QED) is 0.359. The first-order valence-corrected chi connectivity index (χ1v) is 5.04. The molecule has 0 saturated heterocycles. The molecule has 74 valence electrons. The van der Waals surface area contributed by atoms with Crippen molar-refractivity contribution in [1.82, 2.24) is 10.5 Å². The predicted octanol–water partition coefficient (Wildman–Crippen LogP) is -1.36. The zero-order chi connectivity index (χ0) is 10.1. The van der Waals surface area contributed by atoms with Crippen LogP contribution in [0.15, 0.2) is 0 Å². The Balaban J connectivity index is 3.38. The number of hydrogen-bond acceptors (Lipinski definition) is 3. The molecule has 0 bridgehead atoms. The summed E-state index contributed by atoms with van der Waals surface area (Å²) in [5.74, 6) is 0.538. The van der Waals surface area contributed by atoms with Crippen LogP contribution in [0.25, 0.3) is 0 Å². The van der Waals surface area contributed by atoms with Gasteiger partial charge in [0.05, 0.1) is 0 Å². The fraction of sp³-hybridized carbons (Fsp3) is 0.875. The molecule has 0 aliphatic rings. The van der Waals surface area contributed by atoms with Gasteiger partial charge in [-0.15, -0.1) is 0 Å². The van der Waals surface area contributed by atoms with E-state index in [4.69, 9.17) is 0 Å². The van der Waals surface area contributed by atoms with E-state index in [0.717, 1.165) is 25.8 Å². The van der Waals surface area contributed by atoms with Crippen molar-refractivity contribution in [3.8, 4) is 0 Å². The van der Waals surface area contributed by atoms with E-state index in [9.17, 15) is 4.79 Å². The van der Waals surface area contributed by atoms with Crippen LogP contribution >= 0.6 is 0 Å². The Morgan fingerprint density at radius 1 is 1.31 bits per heavy atom. The van der Waals surface area contributed by atoms with Gasteiger partial charge in [0.25, 0.3) is 0 Å². The van der Waals surface area contributed by atoms with Crippen LogP contribution in [0.5, 0.6) is 0 Å².